The summed E-state index contributed by atoms with van der Waals surface area (Å²) in [6, 6.07) is 10.2. The van der Waals surface area contributed by atoms with Gasteiger partial charge in [0.2, 0.25) is 10.0 Å². The molecule has 0 N–H and O–H groups in total. The fraction of sp³-hybridized carbons (Fsp3) is 0.333. The predicted octanol–water partition coefficient (Wildman–Crippen LogP) is 2.25. The third kappa shape index (κ3) is 4.85. The molecule has 1 heterocycles. The van der Waals surface area contributed by atoms with Gasteiger partial charge in [0.1, 0.15) is 11.6 Å². The monoisotopic (exact) mass is 434 g/mol. The summed E-state index contributed by atoms with van der Waals surface area (Å²) in [5, 5.41) is 0. The Kier molecular flexibility index (Phi) is 6.52. The second-order valence-electron chi connectivity index (χ2n) is 7.08. The highest BCUT2D eigenvalue weighted by atomic mass is 32.2. The molecule has 160 valence electrons. The van der Waals surface area contributed by atoms with E-state index < -0.39 is 15.8 Å². The topological polar surface area (TPSA) is 84.0 Å². The van der Waals surface area contributed by atoms with Crippen LogP contribution in [0.15, 0.2) is 47.4 Å². The Morgan fingerprint density at radius 2 is 1.67 bits per heavy atom. The third-order valence-electron chi connectivity index (χ3n) is 4.92. The molecule has 9 heteroatoms. The average molecular weight is 434 g/mol. The summed E-state index contributed by atoms with van der Waals surface area (Å²) in [7, 11) is -3.61. The Morgan fingerprint density at radius 1 is 1.03 bits per heavy atom. The molecule has 1 aliphatic heterocycles. The largest absolute Gasteiger partial charge is 0.483 e. The number of ketones is 1. The number of amides is 1. The fourth-order valence-corrected chi connectivity index (χ4v) is 4.59. The van der Waals surface area contributed by atoms with Crippen molar-refractivity contribution in [3.05, 3.63) is 59.4 Å². The van der Waals surface area contributed by atoms with E-state index in [9.17, 15) is 22.4 Å². The van der Waals surface area contributed by atoms with E-state index in [4.69, 9.17) is 4.74 Å². The van der Waals surface area contributed by atoms with Crippen molar-refractivity contribution in [3.8, 4) is 5.75 Å². The number of ether oxygens (including phenoxy) is 1. The predicted molar refractivity (Wildman–Crippen MR) is 108 cm³/mol. The Morgan fingerprint density at radius 3 is 2.27 bits per heavy atom. The highest BCUT2D eigenvalue weighted by molar-refractivity contribution is 7.89. The number of carbonyl (C=O) groups is 2. The first-order chi connectivity index (χ1) is 14.2. The zero-order chi connectivity index (χ0) is 21.9. The quantitative estimate of drug-likeness (QED) is 0.651. The molecule has 0 unspecified atom stereocenters. The van der Waals surface area contributed by atoms with E-state index in [1.165, 1.54) is 22.2 Å². The van der Waals surface area contributed by atoms with E-state index in [-0.39, 0.29) is 60.7 Å². The Hall–Kier alpha value is -2.78. The summed E-state index contributed by atoms with van der Waals surface area (Å²) in [5.74, 6) is -1.13. The van der Waals surface area contributed by atoms with Gasteiger partial charge in [-0.3, -0.25) is 9.59 Å². The molecule has 0 aromatic heterocycles. The van der Waals surface area contributed by atoms with Crippen LogP contribution in [0.3, 0.4) is 0 Å². The Labute approximate surface area is 175 Å². The molecule has 2 aromatic carbocycles. The Bertz CT molecular complexity index is 1050. The second-order valence-corrected chi connectivity index (χ2v) is 9.02. The highest BCUT2D eigenvalue weighted by Crippen LogP contribution is 2.21. The van der Waals surface area contributed by atoms with Gasteiger partial charge >= 0.3 is 0 Å². The lowest BCUT2D eigenvalue weighted by Crippen LogP contribution is -2.51. The summed E-state index contributed by atoms with van der Waals surface area (Å²) in [4.78, 5) is 25.8. The van der Waals surface area contributed by atoms with Gasteiger partial charge in [0.15, 0.2) is 12.4 Å². The van der Waals surface area contributed by atoms with Gasteiger partial charge in [-0.05, 0) is 44.2 Å². The maximum atomic E-state index is 13.3. The molecular weight excluding hydrogens is 411 g/mol. The van der Waals surface area contributed by atoms with Crippen molar-refractivity contribution in [1.29, 1.82) is 0 Å². The standard InChI is InChI=1S/C21H23FN2O5S/c1-15-3-6-18(7-4-15)30(27,28)24-11-9-23(10-12-24)21(26)14-29-20-8-5-17(22)13-19(20)16(2)25/h3-8,13H,9-12,14H2,1-2H3. The number of halogens is 1. The SMILES string of the molecule is CC(=O)c1cc(F)ccc1OCC(=O)N1CCN(S(=O)(=O)c2ccc(C)cc2)CC1. The van der Waals surface area contributed by atoms with Crippen LogP contribution in [0.4, 0.5) is 4.39 Å². The lowest BCUT2D eigenvalue weighted by Gasteiger charge is -2.34. The van der Waals surface area contributed by atoms with Crippen molar-refractivity contribution < 1.29 is 27.1 Å². The molecule has 1 amide bonds. The maximum Gasteiger partial charge on any atom is 0.260 e. The third-order valence-corrected chi connectivity index (χ3v) is 6.84. The van der Waals surface area contributed by atoms with Gasteiger partial charge in [-0.15, -0.1) is 0 Å². The number of aryl methyl sites for hydroxylation is 1. The number of nitrogens with zero attached hydrogens (tertiary/aromatic N) is 2. The van der Waals surface area contributed by atoms with Gasteiger partial charge in [-0.1, -0.05) is 17.7 Å². The molecule has 0 radical (unpaired) electrons. The van der Waals surface area contributed by atoms with Crippen molar-refractivity contribution in [2.24, 2.45) is 0 Å². The molecule has 0 atom stereocenters. The van der Waals surface area contributed by atoms with E-state index in [2.05, 4.69) is 0 Å². The molecule has 0 saturated carbocycles. The molecule has 0 bridgehead atoms. The van der Waals surface area contributed by atoms with Crippen LogP contribution >= 0.6 is 0 Å². The summed E-state index contributed by atoms with van der Waals surface area (Å²) in [5.41, 5.74) is 1.04. The molecule has 3 rings (SSSR count). The van der Waals surface area contributed by atoms with Crippen LogP contribution in [-0.4, -0.2) is 62.1 Å². The van der Waals surface area contributed by atoms with Crippen LogP contribution in [0.2, 0.25) is 0 Å². The number of Topliss-reactive ketones (excluding diaryl/α,β-unsaturated/α-hetero) is 1. The van der Waals surface area contributed by atoms with Gasteiger partial charge < -0.3 is 9.64 Å². The lowest BCUT2D eigenvalue weighted by molar-refractivity contribution is -0.134. The summed E-state index contributed by atoms with van der Waals surface area (Å²) < 4.78 is 45.6. The molecule has 30 heavy (non-hydrogen) atoms. The maximum absolute atomic E-state index is 13.3. The van der Waals surface area contributed by atoms with Crippen molar-refractivity contribution in [1.82, 2.24) is 9.21 Å². The zero-order valence-electron chi connectivity index (χ0n) is 16.8. The zero-order valence-corrected chi connectivity index (χ0v) is 17.6. The van der Waals surface area contributed by atoms with Gasteiger partial charge in [0.05, 0.1) is 10.5 Å². The first-order valence-electron chi connectivity index (χ1n) is 9.46. The van der Waals surface area contributed by atoms with Gasteiger partial charge in [0, 0.05) is 26.2 Å². The number of piperazine rings is 1. The van der Waals surface area contributed by atoms with Crippen LogP contribution in [0.25, 0.3) is 0 Å². The first-order valence-corrected chi connectivity index (χ1v) is 10.9. The number of hydrogen-bond donors (Lipinski definition) is 0. The minimum Gasteiger partial charge on any atom is -0.483 e. The van der Waals surface area contributed by atoms with Gasteiger partial charge in [-0.25, -0.2) is 12.8 Å². The van der Waals surface area contributed by atoms with Crippen molar-refractivity contribution in [2.75, 3.05) is 32.8 Å². The smallest absolute Gasteiger partial charge is 0.260 e. The minimum absolute atomic E-state index is 0.0665. The summed E-state index contributed by atoms with van der Waals surface area (Å²) in [6.07, 6.45) is 0. The van der Waals surface area contributed by atoms with Crippen LogP contribution in [-0.2, 0) is 14.8 Å². The highest BCUT2D eigenvalue weighted by Gasteiger charge is 2.30. The van der Waals surface area contributed by atoms with E-state index >= 15 is 0 Å². The van der Waals surface area contributed by atoms with Crippen LogP contribution in [0.5, 0.6) is 5.75 Å². The van der Waals surface area contributed by atoms with E-state index in [1.54, 1.807) is 24.3 Å². The molecule has 1 aliphatic rings. The number of benzene rings is 2. The Balaban J connectivity index is 1.58. The number of rotatable bonds is 6. The first kappa shape index (κ1) is 21.9. The molecule has 2 aromatic rings. The van der Waals surface area contributed by atoms with E-state index in [0.29, 0.717) is 0 Å². The summed E-state index contributed by atoms with van der Waals surface area (Å²) in [6.45, 7) is 3.67. The van der Waals surface area contributed by atoms with Crippen molar-refractivity contribution in [2.45, 2.75) is 18.7 Å². The van der Waals surface area contributed by atoms with Crippen molar-refractivity contribution in [3.63, 3.8) is 0 Å². The van der Waals surface area contributed by atoms with Crippen LogP contribution in [0.1, 0.15) is 22.8 Å². The molecule has 7 nitrogen and oxygen atoms in total. The molecule has 1 fully saturated rings. The molecule has 0 aliphatic carbocycles. The molecule has 0 spiro atoms. The molecular formula is C21H23FN2O5S. The van der Waals surface area contributed by atoms with Crippen LogP contribution in [0, 0.1) is 12.7 Å². The van der Waals surface area contributed by atoms with E-state index in [1.807, 2.05) is 6.92 Å². The summed E-state index contributed by atoms with van der Waals surface area (Å²) >= 11 is 0. The normalized spacial score (nSPS) is 15.1. The minimum atomic E-state index is -3.61. The van der Waals surface area contributed by atoms with Crippen LogP contribution < -0.4 is 4.74 Å². The number of carbonyl (C=O) groups excluding carboxylic acids is 2. The molecule has 1 saturated heterocycles. The number of hydrogen-bond acceptors (Lipinski definition) is 5. The average Bonchev–Trinajstić information content (AvgIpc) is 2.73. The number of sulfonamides is 1. The lowest BCUT2D eigenvalue weighted by atomic mass is 10.1. The second kappa shape index (κ2) is 8.93. The van der Waals surface area contributed by atoms with Gasteiger partial charge in [-0.2, -0.15) is 4.31 Å². The van der Waals surface area contributed by atoms with E-state index in [0.717, 1.165) is 17.7 Å². The van der Waals surface area contributed by atoms with Crippen molar-refractivity contribution >= 4 is 21.7 Å². The van der Waals surface area contributed by atoms with Gasteiger partial charge in [0.25, 0.3) is 5.91 Å². The fourth-order valence-electron chi connectivity index (χ4n) is 3.17.